The lowest BCUT2D eigenvalue weighted by molar-refractivity contribution is -0.116. The number of sulfone groups is 1. The lowest BCUT2D eigenvalue weighted by Gasteiger charge is -2.09. The average molecular weight is 392 g/mol. The first-order valence-electron chi connectivity index (χ1n) is 9.29. The van der Waals surface area contributed by atoms with Gasteiger partial charge in [-0.1, -0.05) is 20.8 Å². The zero-order valence-corrected chi connectivity index (χ0v) is 17.6. The molecule has 0 aliphatic heterocycles. The van der Waals surface area contributed by atoms with Crippen LogP contribution in [0.4, 0.5) is 5.69 Å². The number of nitrogens with one attached hydrogen (secondary N) is 1. The predicted molar refractivity (Wildman–Crippen MR) is 108 cm³/mol. The number of amides is 1. The van der Waals surface area contributed by atoms with E-state index in [0.717, 1.165) is 23.5 Å². The number of hydrogen-bond donors (Lipinski definition) is 1. The quantitative estimate of drug-likeness (QED) is 0.746. The summed E-state index contributed by atoms with van der Waals surface area (Å²) in [6, 6.07) is 6.30. The minimum absolute atomic E-state index is 0.0574. The van der Waals surface area contributed by atoms with Gasteiger partial charge in [0, 0.05) is 24.3 Å². The van der Waals surface area contributed by atoms with Gasteiger partial charge in [0.2, 0.25) is 5.91 Å². The summed E-state index contributed by atoms with van der Waals surface area (Å²) in [4.78, 5) is 12.5. The smallest absolute Gasteiger partial charge is 0.224 e. The first-order valence-corrected chi connectivity index (χ1v) is 10.9. The zero-order chi connectivity index (χ0) is 20.2. The third-order valence-electron chi connectivity index (χ3n) is 4.55. The summed E-state index contributed by atoms with van der Waals surface area (Å²) in [7, 11) is -3.23. The molecule has 0 radical (unpaired) electrons. The van der Waals surface area contributed by atoms with E-state index in [9.17, 15) is 13.2 Å². The van der Waals surface area contributed by atoms with Crippen LogP contribution in [-0.2, 0) is 27.6 Å². The summed E-state index contributed by atoms with van der Waals surface area (Å²) in [6.07, 6.45) is 0.980. The maximum absolute atomic E-state index is 12.3. The van der Waals surface area contributed by atoms with E-state index < -0.39 is 9.84 Å². The fourth-order valence-electron chi connectivity index (χ4n) is 2.99. The number of benzene rings is 1. The van der Waals surface area contributed by atoms with E-state index >= 15 is 0 Å². The first-order chi connectivity index (χ1) is 12.6. The summed E-state index contributed by atoms with van der Waals surface area (Å²) in [5.74, 6) is 0.470. The van der Waals surface area contributed by atoms with Gasteiger partial charge in [0.15, 0.2) is 9.84 Å². The Bertz CT molecular complexity index is 897. The normalized spacial score (nSPS) is 11.8. The molecule has 0 aliphatic carbocycles. The number of rotatable bonds is 8. The summed E-state index contributed by atoms with van der Waals surface area (Å²) >= 11 is 0. The molecule has 0 bridgehead atoms. The number of carbonyl (C=O) groups is 1. The third-order valence-corrected chi connectivity index (χ3v) is 6.30. The topological polar surface area (TPSA) is 81.1 Å². The van der Waals surface area contributed by atoms with Crippen molar-refractivity contribution in [3.05, 3.63) is 41.2 Å². The van der Waals surface area contributed by atoms with E-state index in [1.54, 1.807) is 19.1 Å². The number of aromatic nitrogens is 2. The van der Waals surface area contributed by atoms with Gasteiger partial charge in [-0.05, 0) is 56.0 Å². The van der Waals surface area contributed by atoms with Crippen molar-refractivity contribution in [2.45, 2.75) is 58.9 Å². The van der Waals surface area contributed by atoms with Crippen molar-refractivity contribution >= 4 is 21.4 Å². The summed E-state index contributed by atoms with van der Waals surface area (Å²) < 4.78 is 25.7. The van der Waals surface area contributed by atoms with Crippen molar-refractivity contribution in [2.75, 3.05) is 11.1 Å². The Morgan fingerprint density at radius 3 is 2.37 bits per heavy atom. The highest BCUT2D eigenvalue weighted by Gasteiger charge is 2.15. The molecule has 0 saturated heterocycles. The van der Waals surface area contributed by atoms with Crippen molar-refractivity contribution in [3.8, 4) is 0 Å². The minimum Gasteiger partial charge on any atom is -0.326 e. The molecular weight excluding hydrogens is 362 g/mol. The molecule has 1 aromatic carbocycles. The fraction of sp³-hybridized carbons (Fsp3) is 0.500. The first kappa shape index (κ1) is 21.2. The molecule has 27 heavy (non-hydrogen) atoms. The van der Waals surface area contributed by atoms with Crippen LogP contribution in [0.2, 0.25) is 0 Å². The lowest BCUT2D eigenvalue weighted by atomic mass is 10.1. The van der Waals surface area contributed by atoms with Crippen molar-refractivity contribution in [1.29, 1.82) is 0 Å². The van der Waals surface area contributed by atoms with Gasteiger partial charge in [0.1, 0.15) is 0 Å². The molecule has 148 valence electrons. The van der Waals surface area contributed by atoms with Gasteiger partial charge in [-0.2, -0.15) is 5.10 Å². The fourth-order valence-corrected chi connectivity index (χ4v) is 3.88. The van der Waals surface area contributed by atoms with Crippen LogP contribution in [0.25, 0.3) is 0 Å². The Kier molecular flexibility index (Phi) is 6.81. The highest BCUT2D eigenvalue weighted by molar-refractivity contribution is 7.91. The predicted octanol–water partition coefficient (Wildman–Crippen LogP) is 3.52. The molecule has 1 amide bonds. The van der Waals surface area contributed by atoms with Gasteiger partial charge < -0.3 is 5.32 Å². The van der Waals surface area contributed by atoms with Crippen LogP contribution >= 0.6 is 0 Å². The van der Waals surface area contributed by atoms with Crippen molar-refractivity contribution < 1.29 is 13.2 Å². The van der Waals surface area contributed by atoms with E-state index in [4.69, 9.17) is 0 Å². The minimum atomic E-state index is -3.23. The van der Waals surface area contributed by atoms with Crippen LogP contribution in [0.1, 0.15) is 44.1 Å². The Morgan fingerprint density at radius 1 is 1.19 bits per heavy atom. The Morgan fingerprint density at radius 2 is 1.81 bits per heavy atom. The molecule has 7 heteroatoms. The lowest BCUT2D eigenvalue weighted by Crippen LogP contribution is -2.13. The molecular formula is C20H29N3O3S. The highest BCUT2D eigenvalue weighted by Crippen LogP contribution is 2.18. The van der Waals surface area contributed by atoms with Gasteiger partial charge >= 0.3 is 0 Å². The van der Waals surface area contributed by atoms with E-state index in [1.807, 2.05) is 18.5 Å². The van der Waals surface area contributed by atoms with Gasteiger partial charge in [-0.3, -0.25) is 9.48 Å². The number of anilines is 1. The number of hydrogen-bond acceptors (Lipinski definition) is 4. The maximum Gasteiger partial charge on any atom is 0.224 e. The second-order valence-electron chi connectivity index (χ2n) is 7.20. The second-order valence-corrected chi connectivity index (χ2v) is 9.48. The van der Waals surface area contributed by atoms with Crippen LogP contribution in [-0.4, -0.2) is 29.9 Å². The monoisotopic (exact) mass is 391 g/mol. The van der Waals surface area contributed by atoms with Gasteiger partial charge in [-0.15, -0.1) is 0 Å². The molecule has 6 nitrogen and oxygen atoms in total. The Hall–Kier alpha value is -2.15. The van der Waals surface area contributed by atoms with Crippen LogP contribution in [0.5, 0.6) is 0 Å². The molecule has 0 unspecified atom stereocenters. The van der Waals surface area contributed by atoms with Crippen molar-refractivity contribution in [3.63, 3.8) is 0 Å². The zero-order valence-electron chi connectivity index (χ0n) is 16.7. The van der Waals surface area contributed by atoms with Gasteiger partial charge in [0.25, 0.3) is 0 Å². The number of aryl methyl sites for hydroxylation is 1. The average Bonchev–Trinajstić information content (AvgIpc) is 2.86. The van der Waals surface area contributed by atoms with E-state index in [0.29, 0.717) is 24.4 Å². The second kappa shape index (κ2) is 8.69. The van der Waals surface area contributed by atoms with Crippen LogP contribution in [0.15, 0.2) is 29.2 Å². The van der Waals surface area contributed by atoms with E-state index in [1.165, 1.54) is 12.1 Å². The summed E-state index contributed by atoms with van der Waals surface area (Å²) in [5, 5.41) is 7.41. The van der Waals surface area contributed by atoms with E-state index in [-0.39, 0.29) is 16.6 Å². The van der Waals surface area contributed by atoms with Crippen LogP contribution in [0.3, 0.4) is 0 Å². The largest absolute Gasteiger partial charge is 0.326 e. The SMILES string of the molecule is CCS(=O)(=O)c1ccc(NC(=O)CCc2c(C)nn(CC(C)C)c2C)cc1. The molecule has 2 rings (SSSR count). The number of carbonyl (C=O) groups excluding carboxylic acids is 1. The molecule has 0 saturated carbocycles. The Balaban J connectivity index is 1.98. The standard InChI is InChI=1S/C20H29N3O3S/c1-6-27(25,26)18-9-7-17(8-10-18)21-20(24)12-11-19-15(4)22-23(16(19)5)13-14(2)3/h7-10,14H,6,11-13H2,1-5H3,(H,21,24). The van der Waals surface area contributed by atoms with E-state index in [2.05, 4.69) is 24.3 Å². The van der Waals surface area contributed by atoms with Crippen molar-refractivity contribution in [1.82, 2.24) is 9.78 Å². The van der Waals surface area contributed by atoms with Crippen LogP contribution in [0, 0.1) is 19.8 Å². The van der Waals surface area contributed by atoms with Crippen molar-refractivity contribution in [2.24, 2.45) is 5.92 Å². The van der Waals surface area contributed by atoms with Gasteiger partial charge in [-0.25, -0.2) is 8.42 Å². The summed E-state index contributed by atoms with van der Waals surface area (Å²) in [6.45, 7) is 10.8. The molecule has 0 fully saturated rings. The third kappa shape index (κ3) is 5.42. The molecule has 1 heterocycles. The van der Waals surface area contributed by atoms with Crippen LogP contribution < -0.4 is 5.32 Å². The highest BCUT2D eigenvalue weighted by atomic mass is 32.2. The molecule has 0 atom stereocenters. The number of nitrogens with zero attached hydrogens (tertiary/aromatic N) is 2. The Labute approximate surface area is 161 Å². The molecule has 0 aliphatic rings. The summed E-state index contributed by atoms with van der Waals surface area (Å²) in [5.41, 5.74) is 3.80. The van der Waals surface area contributed by atoms with Gasteiger partial charge in [0.05, 0.1) is 16.3 Å². The maximum atomic E-state index is 12.3. The molecule has 2 aromatic rings. The molecule has 1 aromatic heterocycles. The molecule has 0 spiro atoms. The molecule has 1 N–H and O–H groups in total.